The van der Waals surface area contributed by atoms with Crippen LogP contribution in [-0.2, 0) is 12.8 Å². The van der Waals surface area contributed by atoms with Gasteiger partial charge in [0.1, 0.15) is 4.88 Å². The van der Waals surface area contributed by atoms with Crippen LogP contribution in [0.2, 0.25) is 0 Å². The summed E-state index contributed by atoms with van der Waals surface area (Å²) in [6.07, 6.45) is 2.41. The molecule has 0 bridgehead atoms. The van der Waals surface area contributed by atoms with E-state index in [2.05, 4.69) is 22.2 Å². The van der Waals surface area contributed by atoms with Gasteiger partial charge in [0.05, 0.1) is 15.7 Å². The van der Waals surface area contributed by atoms with Crippen molar-refractivity contribution in [1.29, 1.82) is 0 Å². The van der Waals surface area contributed by atoms with Crippen molar-refractivity contribution in [2.24, 2.45) is 0 Å². The molecule has 0 aliphatic heterocycles. The Balaban J connectivity index is 1.88. The molecule has 22 heavy (non-hydrogen) atoms. The molecule has 0 unspecified atom stereocenters. The molecule has 0 radical (unpaired) electrons. The number of hydrogen-bond donors (Lipinski definition) is 2. The first-order chi connectivity index (χ1) is 10.5. The Hall–Kier alpha value is -1.80. The van der Waals surface area contributed by atoms with Crippen LogP contribution in [0.15, 0.2) is 5.38 Å². The van der Waals surface area contributed by atoms with Crippen LogP contribution < -0.4 is 5.32 Å². The van der Waals surface area contributed by atoms with E-state index in [1.165, 1.54) is 28.1 Å². The molecule has 2 heterocycles. The Morgan fingerprint density at radius 1 is 1.27 bits per heavy atom. The van der Waals surface area contributed by atoms with E-state index in [0.717, 1.165) is 23.5 Å². The SMILES string of the molecule is CCCc1nc(C)c(C(=O)NCCc2nc(C(=O)O)cs2)s1. The summed E-state index contributed by atoms with van der Waals surface area (Å²) in [6, 6.07) is 0. The first kappa shape index (κ1) is 16.6. The van der Waals surface area contributed by atoms with Crippen molar-refractivity contribution < 1.29 is 14.7 Å². The van der Waals surface area contributed by atoms with Crippen LogP contribution in [0.5, 0.6) is 0 Å². The monoisotopic (exact) mass is 339 g/mol. The minimum atomic E-state index is -1.03. The van der Waals surface area contributed by atoms with Crippen LogP contribution in [-0.4, -0.2) is 33.5 Å². The minimum Gasteiger partial charge on any atom is -0.476 e. The van der Waals surface area contributed by atoms with Gasteiger partial charge in [0.2, 0.25) is 0 Å². The second-order valence-electron chi connectivity index (χ2n) is 4.71. The summed E-state index contributed by atoms with van der Waals surface area (Å²) in [5.74, 6) is -1.16. The van der Waals surface area contributed by atoms with Crippen LogP contribution in [0, 0.1) is 6.92 Å². The Bertz CT molecular complexity index is 679. The van der Waals surface area contributed by atoms with Crippen molar-refractivity contribution in [3.63, 3.8) is 0 Å². The molecule has 0 saturated heterocycles. The van der Waals surface area contributed by atoms with E-state index in [4.69, 9.17) is 5.11 Å². The molecule has 2 aromatic heterocycles. The van der Waals surface area contributed by atoms with E-state index in [9.17, 15) is 9.59 Å². The van der Waals surface area contributed by atoms with Crippen molar-refractivity contribution in [3.05, 3.63) is 31.7 Å². The van der Waals surface area contributed by atoms with Crippen molar-refractivity contribution in [3.8, 4) is 0 Å². The maximum atomic E-state index is 12.1. The molecule has 2 aromatic rings. The molecule has 0 aromatic carbocycles. The molecule has 0 spiro atoms. The van der Waals surface area contributed by atoms with Gasteiger partial charge >= 0.3 is 5.97 Å². The highest BCUT2D eigenvalue weighted by atomic mass is 32.1. The smallest absolute Gasteiger partial charge is 0.355 e. The summed E-state index contributed by atoms with van der Waals surface area (Å²) in [5, 5.41) is 14.8. The minimum absolute atomic E-state index is 0.0498. The van der Waals surface area contributed by atoms with Crippen molar-refractivity contribution in [1.82, 2.24) is 15.3 Å². The van der Waals surface area contributed by atoms with Crippen LogP contribution in [0.1, 0.15) is 49.2 Å². The van der Waals surface area contributed by atoms with Gasteiger partial charge in [-0.25, -0.2) is 14.8 Å². The second-order valence-corrected chi connectivity index (χ2v) is 6.74. The fourth-order valence-corrected chi connectivity index (χ4v) is 3.73. The van der Waals surface area contributed by atoms with Crippen molar-refractivity contribution in [2.75, 3.05) is 6.54 Å². The maximum Gasteiger partial charge on any atom is 0.355 e. The Labute approximate surface area is 136 Å². The lowest BCUT2D eigenvalue weighted by Gasteiger charge is -2.02. The molecule has 8 heteroatoms. The first-order valence-corrected chi connectivity index (χ1v) is 8.63. The molecule has 6 nitrogen and oxygen atoms in total. The molecule has 0 saturated carbocycles. The van der Waals surface area contributed by atoms with Gasteiger partial charge in [0, 0.05) is 18.3 Å². The number of amides is 1. The zero-order valence-corrected chi connectivity index (χ0v) is 14.0. The van der Waals surface area contributed by atoms with Gasteiger partial charge in [-0.05, 0) is 19.8 Å². The van der Waals surface area contributed by atoms with Crippen LogP contribution in [0.4, 0.5) is 0 Å². The summed E-state index contributed by atoms with van der Waals surface area (Å²) in [5.41, 5.74) is 0.808. The average Bonchev–Trinajstić information content (AvgIpc) is 3.06. The fraction of sp³-hybridized carbons (Fsp3) is 0.429. The molecule has 2 N–H and O–H groups in total. The number of thiazole rings is 2. The number of aryl methyl sites for hydroxylation is 2. The third-order valence-corrected chi connectivity index (χ3v) is 5.03. The van der Waals surface area contributed by atoms with E-state index >= 15 is 0 Å². The number of aromatic carboxylic acids is 1. The molecule has 0 aliphatic rings. The van der Waals surface area contributed by atoms with Crippen LogP contribution in [0.3, 0.4) is 0 Å². The quantitative estimate of drug-likeness (QED) is 0.809. The van der Waals surface area contributed by atoms with E-state index in [1.54, 1.807) is 0 Å². The number of carboxylic acid groups (broad SMARTS) is 1. The van der Waals surface area contributed by atoms with Gasteiger partial charge < -0.3 is 10.4 Å². The van der Waals surface area contributed by atoms with Crippen LogP contribution >= 0.6 is 22.7 Å². The molecular weight excluding hydrogens is 322 g/mol. The van der Waals surface area contributed by atoms with Gasteiger partial charge in [-0.1, -0.05) is 6.92 Å². The number of aromatic nitrogens is 2. The number of hydrogen-bond acceptors (Lipinski definition) is 6. The molecule has 1 amide bonds. The molecular formula is C14H17N3O3S2. The third-order valence-electron chi connectivity index (χ3n) is 2.91. The molecule has 2 rings (SSSR count). The zero-order valence-electron chi connectivity index (χ0n) is 12.4. The lowest BCUT2D eigenvalue weighted by molar-refractivity contribution is 0.0690. The molecule has 118 valence electrons. The predicted molar refractivity (Wildman–Crippen MR) is 86.0 cm³/mol. The molecule has 0 fully saturated rings. The lowest BCUT2D eigenvalue weighted by Crippen LogP contribution is -2.25. The third kappa shape index (κ3) is 4.11. The fourth-order valence-electron chi connectivity index (χ4n) is 1.87. The highest BCUT2D eigenvalue weighted by molar-refractivity contribution is 7.13. The van der Waals surface area contributed by atoms with Crippen molar-refractivity contribution >= 4 is 34.6 Å². The second kappa shape index (κ2) is 7.46. The zero-order chi connectivity index (χ0) is 16.1. The number of rotatable bonds is 7. The largest absolute Gasteiger partial charge is 0.476 e. The van der Waals surface area contributed by atoms with Gasteiger partial charge in [0.15, 0.2) is 5.69 Å². The number of carboxylic acids is 1. The summed E-state index contributed by atoms with van der Waals surface area (Å²) in [6.45, 7) is 4.34. The van der Waals surface area contributed by atoms with Crippen molar-refractivity contribution in [2.45, 2.75) is 33.1 Å². The van der Waals surface area contributed by atoms with E-state index in [-0.39, 0.29) is 11.6 Å². The molecule has 0 atom stereocenters. The van der Waals surface area contributed by atoms with Gasteiger partial charge in [0.25, 0.3) is 5.91 Å². The van der Waals surface area contributed by atoms with Gasteiger partial charge in [-0.2, -0.15) is 0 Å². The summed E-state index contributed by atoms with van der Waals surface area (Å²) in [4.78, 5) is 31.9. The van der Waals surface area contributed by atoms with Crippen LogP contribution in [0.25, 0.3) is 0 Å². The highest BCUT2D eigenvalue weighted by Crippen LogP contribution is 2.19. The predicted octanol–water partition coefficient (Wildman–Crippen LogP) is 2.53. The summed E-state index contributed by atoms with van der Waals surface area (Å²) < 4.78 is 0. The van der Waals surface area contributed by atoms with Gasteiger partial charge in [-0.3, -0.25) is 4.79 Å². The Kier molecular flexibility index (Phi) is 5.62. The van der Waals surface area contributed by atoms with E-state index < -0.39 is 5.97 Å². The number of carbonyl (C=O) groups excluding carboxylic acids is 1. The summed E-state index contributed by atoms with van der Waals surface area (Å²) >= 11 is 2.72. The number of nitrogens with zero attached hydrogens (tertiary/aromatic N) is 2. The lowest BCUT2D eigenvalue weighted by atomic mass is 10.3. The van der Waals surface area contributed by atoms with E-state index in [0.29, 0.717) is 22.9 Å². The molecule has 0 aliphatic carbocycles. The normalized spacial score (nSPS) is 10.6. The van der Waals surface area contributed by atoms with Gasteiger partial charge in [-0.15, -0.1) is 22.7 Å². The Morgan fingerprint density at radius 3 is 2.68 bits per heavy atom. The summed E-state index contributed by atoms with van der Waals surface area (Å²) in [7, 11) is 0. The Morgan fingerprint density at radius 2 is 2.05 bits per heavy atom. The highest BCUT2D eigenvalue weighted by Gasteiger charge is 2.15. The van der Waals surface area contributed by atoms with E-state index in [1.807, 2.05) is 6.92 Å². The first-order valence-electron chi connectivity index (χ1n) is 6.93. The topological polar surface area (TPSA) is 92.2 Å². The number of carbonyl (C=O) groups is 2. The standard InChI is InChI=1S/C14H17N3O3S2/c1-3-4-11-16-8(2)12(22-11)13(18)15-6-5-10-17-9(7-21-10)14(19)20/h7H,3-6H2,1-2H3,(H,15,18)(H,19,20). The number of nitrogens with one attached hydrogen (secondary N) is 1. The average molecular weight is 339 g/mol. The maximum absolute atomic E-state index is 12.1.